The zero-order chi connectivity index (χ0) is 13.9. The summed E-state index contributed by atoms with van der Waals surface area (Å²) in [6.45, 7) is 3.69. The zero-order valence-electron chi connectivity index (χ0n) is 10.8. The lowest BCUT2D eigenvalue weighted by molar-refractivity contribution is -0.138. The summed E-state index contributed by atoms with van der Waals surface area (Å²) in [7, 11) is 1.58. The van der Waals surface area contributed by atoms with Gasteiger partial charge in [0.15, 0.2) is 0 Å². The summed E-state index contributed by atoms with van der Waals surface area (Å²) < 4.78 is 5.18. The third-order valence-corrected chi connectivity index (χ3v) is 2.92. The SMILES string of the molecule is COc1cc(C)c(C(O)C(N)CC(=O)O)cc1C. The number of ether oxygens (including phenoxy) is 1. The molecule has 2 atom stereocenters. The minimum atomic E-state index is -1.02. The van der Waals surface area contributed by atoms with E-state index in [0.717, 1.165) is 16.9 Å². The third kappa shape index (κ3) is 3.21. The van der Waals surface area contributed by atoms with Gasteiger partial charge in [-0.25, -0.2) is 0 Å². The lowest BCUT2D eigenvalue weighted by Gasteiger charge is -2.21. The van der Waals surface area contributed by atoms with E-state index in [1.165, 1.54) is 0 Å². The van der Waals surface area contributed by atoms with Crippen LogP contribution in [0.5, 0.6) is 5.75 Å². The average molecular weight is 253 g/mol. The summed E-state index contributed by atoms with van der Waals surface area (Å²) in [5.74, 6) is -0.292. The molecule has 0 radical (unpaired) electrons. The van der Waals surface area contributed by atoms with E-state index in [1.807, 2.05) is 13.8 Å². The molecular formula is C13H19NO4. The number of hydrogen-bond donors (Lipinski definition) is 3. The maximum atomic E-state index is 10.6. The quantitative estimate of drug-likeness (QED) is 0.732. The molecule has 1 aromatic carbocycles. The van der Waals surface area contributed by atoms with Crippen LogP contribution in [0.1, 0.15) is 29.2 Å². The number of carbonyl (C=O) groups is 1. The molecule has 0 aliphatic heterocycles. The van der Waals surface area contributed by atoms with Crippen molar-refractivity contribution in [3.8, 4) is 5.75 Å². The summed E-state index contributed by atoms with van der Waals surface area (Å²) in [6, 6.07) is 2.76. The topological polar surface area (TPSA) is 92.8 Å². The van der Waals surface area contributed by atoms with Gasteiger partial charge in [-0.05, 0) is 42.7 Å². The van der Waals surface area contributed by atoms with Gasteiger partial charge in [-0.3, -0.25) is 4.79 Å². The van der Waals surface area contributed by atoms with Crippen LogP contribution < -0.4 is 10.5 Å². The monoisotopic (exact) mass is 253 g/mol. The molecule has 0 aromatic heterocycles. The summed E-state index contributed by atoms with van der Waals surface area (Å²) in [4.78, 5) is 10.6. The number of aliphatic hydroxyl groups excluding tert-OH is 1. The van der Waals surface area contributed by atoms with Gasteiger partial charge in [-0.2, -0.15) is 0 Å². The molecule has 0 saturated carbocycles. The fourth-order valence-electron chi connectivity index (χ4n) is 1.89. The van der Waals surface area contributed by atoms with E-state index in [1.54, 1.807) is 19.2 Å². The Morgan fingerprint density at radius 3 is 2.50 bits per heavy atom. The van der Waals surface area contributed by atoms with Gasteiger partial charge in [0.2, 0.25) is 0 Å². The van der Waals surface area contributed by atoms with Crippen LogP contribution in [0.2, 0.25) is 0 Å². The van der Waals surface area contributed by atoms with Crippen LogP contribution in [0, 0.1) is 13.8 Å². The second-order valence-electron chi connectivity index (χ2n) is 4.38. The summed E-state index contributed by atoms with van der Waals surface area (Å²) in [6.07, 6.45) is -1.27. The van der Waals surface area contributed by atoms with Crippen molar-refractivity contribution in [3.63, 3.8) is 0 Å². The molecule has 0 saturated heterocycles. The number of aliphatic hydroxyl groups is 1. The Morgan fingerprint density at radius 2 is 2.00 bits per heavy atom. The third-order valence-electron chi connectivity index (χ3n) is 2.92. The van der Waals surface area contributed by atoms with Gasteiger partial charge in [-0.15, -0.1) is 0 Å². The second kappa shape index (κ2) is 5.84. The number of hydrogen-bond acceptors (Lipinski definition) is 4. The van der Waals surface area contributed by atoms with Crippen LogP contribution in [0.15, 0.2) is 12.1 Å². The maximum Gasteiger partial charge on any atom is 0.305 e. The normalized spacial score (nSPS) is 14.1. The Hall–Kier alpha value is -1.59. The zero-order valence-corrected chi connectivity index (χ0v) is 10.8. The molecule has 0 amide bonds. The molecule has 1 rings (SSSR count). The van der Waals surface area contributed by atoms with Gasteiger partial charge >= 0.3 is 5.97 Å². The Bertz CT molecular complexity index is 445. The Labute approximate surface area is 106 Å². The van der Waals surface area contributed by atoms with Crippen LogP contribution in [-0.4, -0.2) is 29.3 Å². The highest BCUT2D eigenvalue weighted by molar-refractivity contribution is 5.67. The van der Waals surface area contributed by atoms with Crippen molar-refractivity contribution in [2.75, 3.05) is 7.11 Å². The average Bonchev–Trinajstić information content (AvgIpc) is 2.29. The van der Waals surface area contributed by atoms with E-state index in [9.17, 15) is 9.90 Å². The molecule has 0 fully saturated rings. The number of rotatable bonds is 5. The van der Waals surface area contributed by atoms with Gasteiger partial charge in [0, 0.05) is 6.04 Å². The van der Waals surface area contributed by atoms with Gasteiger partial charge < -0.3 is 20.7 Å². The fraction of sp³-hybridized carbons (Fsp3) is 0.462. The molecule has 0 aliphatic rings. The van der Waals surface area contributed by atoms with Crippen molar-refractivity contribution in [1.82, 2.24) is 0 Å². The van der Waals surface area contributed by atoms with Crippen LogP contribution in [0.3, 0.4) is 0 Å². The molecule has 5 heteroatoms. The van der Waals surface area contributed by atoms with E-state index < -0.39 is 18.1 Å². The van der Waals surface area contributed by atoms with Crippen molar-refractivity contribution in [2.24, 2.45) is 5.73 Å². The van der Waals surface area contributed by atoms with Crippen LogP contribution >= 0.6 is 0 Å². The predicted octanol–water partition coefficient (Wildman–Crippen LogP) is 1.15. The first-order chi connectivity index (χ1) is 8.36. The lowest BCUT2D eigenvalue weighted by Crippen LogP contribution is -2.31. The van der Waals surface area contributed by atoms with Crippen molar-refractivity contribution < 1.29 is 19.7 Å². The number of methoxy groups -OCH3 is 1. The molecule has 4 N–H and O–H groups in total. The van der Waals surface area contributed by atoms with Crippen molar-refractivity contribution in [3.05, 3.63) is 28.8 Å². The Kier molecular flexibility index (Phi) is 4.69. The van der Waals surface area contributed by atoms with Gasteiger partial charge in [0.1, 0.15) is 5.75 Å². The molecule has 2 unspecified atom stereocenters. The number of nitrogens with two attached hydrogens (primary N) is 1. The highest BCUT2D eigenvalue weighted by Crippen LogP contribution is 2.28. The summed E-state index contributed by atoms with van der Waals surface area (Å²) in [5.41, 5.74) is 8.02. The van der Waals surface area contributed by atoms with Crippen LogP contribution in [0.25, 0.3) is 0 Å². The number of benzene rings is 1. The molecule has 5 nitrogen and oxygen atoms in total. The minimum absolute atomic E-state index is 0.272. The van der Waals surface area contributed by atoms with E-state index in [4.69, 9.17) is 15.6 Å². The highest BCUT2D eigenvalue weighted by atomic mass is 16.5. The predicted molar refractivity (Wildman–Crippen MR) is 67.7 cm³/mol. The van der Waals surface area contributed by atoms with Crippen molar-refractivity contribution in [1.29, 1.82) is 0 Å². The molecular weight excluding hydrogens is 234 g/mol. The molecule has 100 valence electrons. The molecule has 0 spiro atoms. The smallest absolute Gasteiger partial charge is 0.305 e. The summed E-state index contributed by atoms with van der Waals surface area (Å²) >= 11 is 0. The number of aryl methyl sites for hydroxylation is 2. The lowest BCUT2D eigenvalue weighted by atomic mass is 9.94. The molecule has 18 heavy (non-hydrogen) atoms. The second-order valence-corrected chi connectivity index (χ2v) is 4.38. The Balaban J connectivity index is 3.02. The van der Waals surface area contributed by atoms with E-state index in [2.05, 4.69) is 0 Å². The van der Waals surface area contributed by atoms with Gasteiger partial charge in [0.25, 0.3) is 0 Å². The standard InChI is InChI=1S/C13H19NO4/c1-7-5-11(18-3)8(2)4-9(7)13(17)10(14)6-12(15)16/h4-5,10,13,17H,6,14H2,1-3H3,(H,15,16). The van der Waals surface area contributed by atoms with E-state index >= 15 is 0 Å². The van der Waals surface area contributed by atoms with Gasteiger partial charge in [0.05, 0.1) is 19.6 Å². The molecule has 0 heterocycles. The first-order valence-electron chi connectivity index (χ1n) is 5.67. The number of aliphatic carboxylic acids is 1. The van der Waals surface area contributed by atoms with Crippen LogP contribution in [0.4, 0.5) is 0 Å². The minimum Gasteiger partial charge on any atom is -0.496 e. The largest absolute Gasteiger partial charge is 0.496 e. The van der Waals surface area contributed by atoms with E-state index in [-0.39, 0.29) is 6.42 Å². The van der Waals surface area contributed by atoms with Crippen molar-refractivity contribution >= 4 is 5.97 Å². The van der Waals surface area contributed by atoms with Gasteiger partial charge in [-0.1, -0.05) is 0 Å². The first-order valence-corrected chi connectivity index (χ1v) is 5.67. The fourth-order valence-corrected chi connectivity index (χ4v) is 1.89. The van der Waals surface area contributed by atoms with Crippen molar-refractivity contribution in [2.45, 2.75) is 32.4 Å². The number of carboxylic acid groups (broad SMARTS) is 1. The van der Waals surface area contributed by atoms with Crippen LogP contribution in [-0.2, 0) is 4.79 Å². The molecule has 1 aromatic rings. The highest BCUT2D eigenvalue weighted by Gasteiger charge is 2.22. The maximum absolute atomic E-state index is 10.6. The Morgan fingerprint density at radius 1 is 1.39 bits per heavy atom. The molecule has 0 bridgehead atoms. The molecule has 0 aliphatic carbocycles. The number of carboxylic acids is 1. The first kappa shape index (κ1) is 14.5. The van der Waals surface area contributed by atoms with E-state index in [0.29, 0.717) is 5.56 Å². The summed E-state index contributed by atoms with van der Waals surface area (Å²) in [5, 5.41) is 18.8.